The molecule has 0 bridgehead atoms. The number of nitrogens with zero attached hydrogens (tertiary/aromatic N) is 1. The van der Waals surface area contributed by atoms with E-state index in [0.29, 0.717) is 16.7 Å². The molecule has 0 spiro atoms. The van der Waals surface area contributed by atoms with Crippen molar-refractivity contribution in [1.82, 2.24) is 0 Å². The molecule has 0 aliphatic heterocycles. The second-order valence-corrected chi connectivity index (χ2v) is 8.14. The summed E-state index contributed by atoms with van der Waals surface area (Å²) in [6, 6.07) is 6.03. The monoisotopic (exact) mass is 327 g/mol. The molecule has 3 nitrogen and oxygen atoms in total. The predicted molar refractivity (Wildman–Crippen MR) is 79.2 cm³/mol. The minimum atomic E-state index is -3.60. The average molecular weight is 328 g/mol. The summed E-state index contributed by atoms with van der Waals surface area (Å²) in [6.45, 7) is 2.00. The van der Waals surface area contributed by atoms with E-state index in [1.165, 1.54) is 12.1 Å². The Bertz CT molecular complexity index is 504. The molecule has 0 fully saturated rings. The lowest BCUT2D eigenvalue weighted by atomic mass is 10.4. The second-order valence-electron chi connectivity index (χ2n) is 3.56. The lowest BCUT2D eigenvalue weighted by molar-refractivity contribution is 0.598. The lowest BCUT2D eigenvalue weighted by Gasteiger charge is -2.05. The highest BCUT2D eigenvalue weighted by atomic mass is 35.5. The summed E-state index contributed by atoms with van der Waals surface area (Å²) >= 11 is 11.4. The van der Waals surface area contributed by atoms with E-state index in [2.05, 4.69) is 3.77 Å². The highest BCUT2D eigenvalue weighted by molar-refractivity contribution is 8.00. The van der Waals surface area contributed by atoms with Gasteiger partial charge in [-0.3, -0.25) is 0 Å². The molecule has 1 aromatic carbocycles. The van der Waals surface area contributed by atoms with E-state index >= 15 is 0 Å². The molecule has 0 radical (unpaired) electrons. The van der Waals surface area contributed by atoms with Gasteiger partial charge >= 0.3 is 0 Å². The zero-order valence-electron chi connectivity index (χ0n) is 9.97. The summed E-state index contributed by atoms with van der Waals surface area (Å²) in [5.41, 5.74) is 0. The summed E-state index contributed by atoms with van der Waals surface area (Å²) in [4.78, 5) is 0.176. The van der Waals surface area contributed by atoms with Gasteiger partial charge in [-0.2, -0.15) is 8.42 Å². The van der Waals surface area contributed by atoms with E-state index in [9.17, 15) is 8.42 Å². The van der Waals surface area contributed by atoms with E-state index in [1.807, 2.05) is 6.92 Å². The summed E-state index contributed by atoms with van der Waals surface area (Å²) < 4.78 is 28.1. The van der Waals surface area contributed by atoms with Crippen molar-refractivity contribution in [2.24, 2.45) is 3.77 Å². The number of benzene rings is 1. The first-order valence-electron chi connectivity index (χ1n) is 5.46. The maximum absolute atomic E-state index is 12.1. The predicted octanol–water partition coefficient (Wildman–Crippen LogP) is 3.48. The standard InChI is InChI=1S/C11H15Cl2NO2S2/c1-2-8-17(9-7-12)14-18(15,16)11-5-3-10(13)4-6-11/h3-6H,2,7-9H2,1H3/t17-/m0/s1. The SMILES string of the molecule is CCC[S@@](CCCl)=NS(=O)(=O)c1ccc(Cl)cc1. The molecule has 0 aliphatic rings. The van der Waals surface area contributed by atoms with Crippen LogP contribution in [0.2, 0.25) is 5.02 Å². The van der Waals surface area contributed by atoms with Crippen LogP contribution in [0.25, 0.3) is 0 Å². The molecule has 0 heterocycles. The first-order valence-corrected chi connectivity index (χ1v) is 9.34. The van der Waals surface area contributed by atoms with Crippen LogP contribution in [0.4, 0.5) is 0 Å². The largest absolute Gasteiger partial charge is 0.287 e. The molecule has 0 aliphatic carbocycles. The van der Waals surface area contributed by atoms with Crippen molar-refractivity contribution < 1.29 is 8.42 Å². The Hall–Kier alpha value is -0.100. The van der Waals surface area contributed by atoms with Gasteiger partial charge in [-0.05, 0) is 30.7 Å². The number of halogens is 2. The van der Waals surface area contributed by atoms with Gasteiger partial charge in [-0.1, -0.05) is 29.2 Å². The van der Waals surface area contributed by atoms with E-state index in [0.717, 1.165) is 12.2 Å². The van der Waals surface area contributed by atoms with Crippen LogP contribution in [0.3, 0.4) is 0 Å². The number of hydrogen-bond acceptors (Lipinski definition) is 2. The summed E-state index contributed by atoms with van der Waals surface area (Å²) in [5.74, 6) is 1.77. The fourth-order valence-electron chi connectivity index (χ4n) is 1.29. The van der Waals surface area contributed by atoms with Crippen LogP contribution in [0.5, 0.6) is 0 Å². The molecule has 0 saturated carbocycles. The molecule has 7 heteroatoms. The van der Waals surface area contributed by atoms with Gasteiger partial charge in [0, 0.05) is 22.4 Å². The Kier molecular flexibility index (Phi) is 6.63. The molecule has 1 rings (SSSR count). The van der Waals surface area contributed by atoms with Gasteiger partial charge in [0.25, 0.3) is 10.0 Å². The molecule has 102 valence electrons. The van der Waals surface area contributed by atoms with E-state index in [-0.39, 0.29) is 4.90 Å². The van der Waals surface area contributed by atoms with Gasteiger partial charge in [0.2, 0.25) is 0 Å². The van der Waals surface area contributed by atoms with Crippen molar-refractivity contribution in [3.63, 3.8) is 0 Å². The minimum absolute atomic E-state index is 0.176. The molecular weight excluding hydrogens is 313 g/mol. The Morgan fingerprint density at radius 1 is 1.22 bits per heavy atom. The number of alkyl halides is 1. The third kappa shape index (κ3) is 4.88. The highest BCUT2D eigenvalue weighted by Gasteiger charge is 2.13. The highest BCUT2D eigenvalue weighted by Crippen LogP contribution is 2.17. The number of hydrogen-bond donors (Lipinski definition) is 0. The topological polar surface area (TPSA) is 46.5 Å². The summed E-state index contributed by atoms with van der Waals surface area (Å²) in [5, 5.41) is 0.502. The number of sulfonamides is 1. The van der Waals surface area contributed by atoms with Crippen molar-refractivity contribution in [2.45, 2.75) is 18.2 Å². The molecule has 0 aromatic heterocycles. The lowest BCUT2D eigenvalue weighted by Crippen LogP contribution is -2.07. The van der Waals surface area contributed by atoms with Crippen LogP contribution in [0, 0.1) is 0 Å². The van der Waals surface area contributed by atoms with Crippen LogP contribution in [-0.4, -0.2) is 25.8 Å². The zero-order valence-corrected chi connectivity index (χ0v) is 13.1. The summed E-state index contributed by atoms with van der Waals surface area (Å²) in [7, 11) is -4.13. The molecule has 1 aromatic rings. The van der Waals surface area contributed by atoms with Crippen LogP contribution >= 0.6 is 23.2 Å². The Morgan fingerprint density at radius 2 is 1.83 bits per heavy atom. The van der Waals surface area contributed by atoms with Crippen LogP contribution in [-0.2, 0) is 20.7 Å². The molecule has 1 atom stereocenters. The fourth-order valence-corrected chi connectivity index (χ4v) is 5.33. The van der Waals surface area contributed by atoms with Crippen molar-refractivity contribution in [1.29, 1.82) is 0 Å². The van der Waals surface area contributed by atoms with Crippen LogP contribution in [0.1, 0.15) is 13.3 Å². The van der Waals surface area contributed by atoms with Gasteiger partial charge in [-0.15, -0.1) is 15.4 Å². The van der Waals surface area contributed by atoms with Gasteiger partial charge < -0.3 is 0 Å². The van der Waals surface area contributed by atoms with Gasteiger partial charge in [-0.25, -0.2) is 0 Å². The van der Waals surface area contributed by atoms with Crippen molar-refractivity contribution in [3.05, 3.63) is 29.3 Å². The fraction of sp³-hybridized carbons (Fsp3) is 0.455. The zero-order chi connectivity index (χ0) is 13.6. The van der Waals surface area contributed by atoms with E-state index in [1.54, 1.807) is 12.1 Å². The third-order valence-corrected chi connectivity index (χ3v) is 6.78. The first kappa shape index (κ1) is 16.0. The van der Waals surface area contributed by atoms with Gasteiger partial charge in [0.1, 0.15) is 0 Å². The molecule has 0 unspecified atom stereocenters. The third-order valence-electron chi connectivity index (χ3n) is 2.07. The number of rotatable bonds is 6. The van der Waals surface area contributed by atoms with E-state index in [4.69, 9.17) is 23.2 Å². The maximum atomic E-state index is 12.1. The van der Waals surface area contributed by atoms with E-state index < -0.39 is 20.7 Å². The van der Waals surface area contributed by atoms with Gasteiger partial charge in [0.05, 0.1) is 4.90 Å². The van der Waals surface area contributed by atoms with Crippen molar-refractivity contribution >= 4 is 43.9 Å². The normalized spacial score (nSPS) is 13.7. The minimum Gasteiger partial charge on any atom is -0.199 e. The Labute approximate surface area is 121 Å². The maximum Gasteiger partial charge on any atom is 0.287 e. The van der Waals surface area contributed by atoms with Crippen molar-refractivity contribution in [2.75, 3.05) is 17.4 Å². The Morgan fingerprint density at radius 3 is 2.33 bits per heavy atom. The molecule has 18 heavy (non-hydrogen) atoms. The smallest absolute Gasteiger partial charge is 0.199 e. The first-order chi connectivity index (χ1) is 8.49. The average Bonchev–Trinajstić information content (AvgIpc) is 2.29. The van der Waals surface area contributed by atoms with Crippen LogP contribution in [0.15, 0.2) is 32.9 Å². The summed E-state index contributed by atoms with van der Waals surface area (Å²) in [6.07, 6.45) is 0.889. The molecule has 0 saturated heterocycles. The molecule has 0 amide bonds. The molecule has 0 N–H and O–H groups in total. The Balaban J connectivity index is 3.04. The second kappa shape index (κ2) is 7.48. The quantitative estimate of drug-likeness (QED) is 0.751. The van der Waals surface area contributed by atoms with Crippen LogP contribution < -0.4 is 0 Å². The molecular formula is C11H15Cl2NO2S2. The van der Waals surface area contributed by atoms with Gasteiger partial charge in [0.15, 0.2) is 0 Å². The van der Waals surface area contributed by atoms with Crippen molar-refractivity contribution in [3.8, 4) is 0 Å².